The Morgan fingerprint density at radius 2 is 1.94 bits per heavy atom. The van der Waals surface area contributed by atoms with Crippen molar-refractivity contribution in [2.45, 2.75) is 18.5 Å². The predicted octanol–water partition coefficient (Wildman–Crippen LogP) is 4.47. The average molecular weight is 444 g/mol. The minimum atomic E-state index is -0.260. The van der Waals surface area contributed by atoms with Crippen molar-refractivity contribution in [2.24, 2.45) is 0 Å². The number of amides is 2. The van der Waals surface area contributed by atoms with Gasteiger partial charge in [-0.1, -0.05) is 47.6 Å². The molecule has 1 aliphatic rings. The number of ether oxygens (including phenoxy) is 1. The highest BCUT2D eigenvalue weighted by Crippen LogP contribution is 2.31. The summed E-state index contributed by atoms with van der Waals surface area (Å²) in [5.74, 6) is 1.81. The topological polar surface area (TPSA) is 92.5 Å². The number of methoxy groups -OCH3 is 1. The van der Waals surface area contributed by atoms with Gasteiger partial charge in [-0.05, 0) is 42.4 Å². The Morgan fingerprint density at radius 1 is 1.09 bits per heavy atom. The highest BCUT2D eigenvalue weighted by atomic mass is 16.5. The van der Waals surface area contributed by atoms with E-state index < -0.39 is 0 Å². The number of aromatic nitrogens is 2. The molecule has 5 rings (SSSR count). The molecule has 0 saturated carbocycles. The Hall–Kier alpha value is -3.91. The maximum absolute atomic E-state index is 12.5. The molecule has 1 saturated heterocycles. The molecule has 4 aromatic rings. The van der Waals surface area contributed by atoms with Gasteiger partial charge in [0.2, 0.25) is 11.7 Å². The van der Waals surface area contributed by atoms with E-state index in [-0.39, 0.29) is 18.1 Å². The summed E-state index contributed by atoms with van der Waals surface area (Å²) in [6, 6.07) is 21.2. The average Bonchev–Trinajstić information content (AvgIpc) is 3.45. The third kappa shape index (κ3) is 4.51. The standard InChI is InChI=1S/C25H25N5O3/c1-30-15-20(27-25(31)26-19-8-5-9-21(13-19)32-2)14-22(30)24-28-23(29-33-24)18-11-10-16-6-3-4-7-17(16)12-18/h3-13,20,22H,14-15H2,1-2H3,(H2,26,27,31). The summed E-state index contributed by atoms with van der Waals surface area (Å²) in [6.07, 6.45) is 0.682. The van der Waals surface area contributed by atoms with E-state index >= 15 is 0 Å². The molecule has 8 heteroatoms. The molecule has 0 bridgehead atoms. The second-order valence-electron chi connectivity index (χ2n) is 8.24. The van der Waals surface area contributed by atoms with Gasteiger partial charge in [-0.2, -0.15) is 4.98 Å². The van der Waals surface area contributed by atoms with Gasteiger partial charge in [0.05, 0.1) is 13.2 Å². The fraction of sp³-hybridized carbons (Fsp3) is 0.240. The molecule has 2 heterocycles. The highest BCUT2D eigenvalue weighted by molar-refractivity contribution is 5.89. The first kappa shape index (κ1) is 21.0. The third-order valence-corrected chi connectivity index (χ3v) is 5.95. The molecular formula is C25H25N5O3. The number of likely N-dealkylation sites (N-methyl/N-ethyl adjacent to an activating group) is 1. The molecule has 3 aromatic carbocycles. The number of anilines is 1. The Bertz CT molecular complexity index is 1290. The summed E-state index contributed by atoms with van der Waals surface area (Å²) in [5.41, 5.74) is 1.59. The molecular weight excluding hydrogens is 418 g/mol. The van der Waals surface area contributed by atoms with Crippen LogP contribution in [0.2, 0.25) is 0 Å². The van der Waals surface area contributed by atoms with E-state index in [1.807, 2.05) is 43.4 Å². The first-order valence-corrected chi connectivity index (χ1v) is 10.8. The van der Waals surface area contributed by atoms with E-state index in [1.54, 1.807) is 13.2 Å². The summed E-state index contributed by atoms with van der Waals surface area (Å²) in [6.45, 7) is 0.684. The number of carbonyl (C=O) groups excluding carboxylic acids is 1. The molecule has 8 nitrogen and oxygen atoms in total. The van der Waals surface area contributed by atoms with Crippen LogP contribution in [-0.4, -0.2) is 47.8 Å². The number of nitrogens with zero attached hydrogens (tertiary/aromatic N) is 3. The molecule has 2 amide bonds. The van der Waals surface area contributed by atoms with Crippen LogP contribution in [-0.2, 0) is 0 Å². The van der Waals surface area contributed by atoms with E-state index in [9.17, 15) is 4.79 Å². The van der Waals surface area contributed by atoms with Crippen molar-refractivity contribution in [3.05, 3.63) is 72.6 Å². The van der Waals surface area contributed by atoms with Crippen LogP contribution in [0.25, 0.3) is 22.2 Å². The summed E-state index contributed by atoms with van der Waals surface area (Å²) < 4.78 is 10.8. The van der Waals surface area contributed by atoms with E-state index in [2.05, 4.69) is 49.9 Å². The molecule has 2 N–H and O–H groups in total. The summed E-state index contributed by atoms with van der Waals surface area (Å²) in [7, 11) is 3.59. The van der Waals surface area contributed by atoms with Crippen LogP contribution in [0, 0.1) is 0 Å². The maximum Gasteiger partial charge on any atom is 0.319 e. The Labute approximate surface area is 191 Å². The first-order valence-electron chi connectivity index (χ1n) is 10.8. The number of rotatable bonds is 5. The molecule has 1 aliphatic heterocycles. The number of likely N-dealkylation sites (tertiary alicyclic amines) is 1. The van der Waals surface area contributed by atoms with Crippen LogP contribution in [0.1, 0.15) is 18.4 Å². The molecule has 0 aliphatic carbocycles. The number of hydrogen-bond donors (Lipinski definition) is 2. The van der Waals surface area contributed by atoms with Crippen LogP contribution in [0.3, 0.4) is 0 Å². The molecule has 168 valence electrons. The molecule has 33 heavy (non-hydrogen) atoms. The SMILES string of the molecule is COc1cccc(NC(=O)NC2CC(c3nc(-c4ccc5ccccc5c4)no3)N(C)C2)c1. The fourth-order valence-corrected chi connectivity index (χ4v) is 4.26. The lowest BCUT2D eigenvalue weighted by molar-refractivity contribution is 0.243. The van der Waals surface area contributed by atoms with Crippen molar-refractivity contribution in [3.8, 4) is 17.1 Å². The molecule has 1 fully saturated rings. The first-order chi connectivity index (χ1) is 16.1. The van der Waals surface area contributed by atoms with Crippen LogP contribution in [0.5, 0.6) is 5.75 Å². The van der Waals surface area contributed by atoms with Gasteiger partial charge in [0.15, 0.2) is 0 Å². The zero-order chi connectivity index (χ0) is 22.8. The number of carbonyl (C=O) groups is 1. The van der Waals surface area contributed by atoms with Crippen molar-refractivity contribution < 1.29 is 14.1 Å². The van der Waals surface area contributed by atoms with Crippen LogP contribution in [0.15, 0.2) is 71.3 Å². The second kappa shape index (κ2) is 8.91. The molecule has 0 radical (unpaired) electrons. The minimum Gasteiger partial charge on any atom is -0.497 e. The summed E-state index contributed by atoms with van der Waals surface area (Å²) in [5, 5.41) is 12.4. The van der Waals surface area contributed by atoms with Gasteiger partial charge in [0, 0.05) is 29.9 Å². The largest absolute Gasteiger partial charge is 0.497 e. The van der Waals surface area contributed by atoms with E-state index in [1.165, 1.54) is 5.39 Å². The van der Waals surface area contributed by atoms with Gasteiger partial charge in [-0.15, -0.1) is 0 Å². The van der Waals surface area contributed by atoms with Crippen molar-refractivity contribution in [2.75, 3.05) is 26.0 Å². The molecule has 2 atom stereocenters. The summed E-state index contributed by atoms with van der Waals surface area (Å²) >= 11 is 0. The van der Waals surface area contributed by atoms with E-state index in [0.29, 0.717) is 36.1 Å². The van der Waals surface area contributed by atoms with Crippen molar-refractivity contribution in [1.29, 1.82) is 0 Å². The van der Waals surface area contributed by atoms with Gasteiger partial charge in [-0.3, -0.25) is 4.90 Å². The monoisotopic (exact) mass is 443 g/mol. The lowest BCUT2D eigenvalue weighted by Gasteiger charge is -2.14. The van der Waals surface area contributed by atoms with Crippen LogP contribution >= 0.6 is 0 Å². The number of nitrogens with one attached hydrogen (secondary N) is 2. The molecule has 2 unspecified atom stereocenters. The zero-order valence-corrected chi connectivity index (χ0v) is 18.5. The Morgan fingerprint density at radius 3 is 2.79 bits per heavy atom. The van der Waals surface area contributed by atoms with Crippen molar-refractivity contribution in [3.63, 3.8) is 0 Å². The van der Waals surface area contributed by atoms with E-state index in [4.69, 9.17) is 9.26 Å². The predicted molar refractivity (Wildman–Crippen MR) is 126 cm³/mol. The minimum absolute atomic E-state index is 0.0402. The van der Waals surface area contributed by atoms with Gasteiger partial charge in [-0.25, -0.2) is 4.79 Å². The number of fused-ring (bicyclic) bond motifs is 1. The lowest BCUT2D eigenvalue weighted by atomic mass is 10.1. The Kier molecular flexibility index (Phi) is 5.66. The molecule has 0 spiro atoms. The lowest BCUT2D eigenvalue weighted by Crippen LogP contribution is -2.39. The van der Waals surface area contributed by atoms with Gasteiger partial charge in [0.1, 0.15) is 5.75 Å². The smallest absolute Gasteiger partial charge is 0.319 e. The van der Waals surface area contributed by atoms with Gasteiger partial charge >= 0.3 is 6.03 Å². The third-order valence-electron chi connectivity index (χ3n) is 5.95. The van der Waals surface area contributed by atoms with Gasteiger partial charge < -0.3 is 19.9 Å². The maximum atomic E-state index is 12.5. The normalized spacial score (nSPS) is 18.4. The van der Waals surface area contributed by atoms with Crippen molar-refractivity contribution >= 4 is 22.5 Å². The fourth-order valence-electron chi connectivity index (χ4n) is 4.26. The highest BCUT2D eigenvalue weighted by Gasteiger charge is 2.35. The number of hydrogen-bond acceptors (Lipinski definition) is 6. The molecule has 1 aromatic heterocycles. The Balaban J connectivity index is 1.24. The quantitative estimate of drug-likeness (QED) is 0.473. The number of urea groups is 1. The zero-order valence-electron chi connectivity index (χ0n) is 18.5. The van der Waals surface area contributed by atoms with Crippen LogP contribution < -0.4 is 15.4 Å². The van der Waals surface area contributed by atoms with Crippen LogP contribution in [0.4, 0.5) is 10.5 Å². The summed E-state index contributed by atoms with van der Waals surface area (Å²) in [4.78, 5) is 19.3. The second-order valence-corrected chi connectivity index (χ2v) is 8.24. The van der Waals surface area contributed by atoms with Gasteiger partial charge in [0.25, 0.3) is 0 Å². The van der Waals surface area contributed by atoms with Crippen molar-refractivity contribution in [1.82, 2.24) is 20.4 Å². The van der Waals surface area contributed by atoms with E-state index in [0.717, 1.165) is 10.9 Å². The number of benzene rings is 3.